The predicted molar refractivity (Wildman–Crippen MR) is 72.3 cm³/mol. The molecule has 0 saturated carbocycles. The molecular weight excluding hydrogens is 266 g/mol. The molecule has 2 rings (SSSR count). The number of amides is 1. The van der Waals surface area contributed by atoms with E-state index in [0.717, 1.165) is 0 Å². The summed E-state index contributed by atoms with van der Waals surface area (Å²) in [5, 5.41) is 9.73. The molecule has 0 aromatic carbocycles. The number of rotatable bonds is 2. The summed E-state index contributed by atoms with van der Waals surface area (Å²) in [6.45, 7) is 5.94. The number of nitrogens with one attached hydrogen (secondary N) is 2. The number of H-pyrrole nitrogens is 1. The number of nitrogens with zero attached hydrogens (tertiary/aromatic N) is 3. The molecular formula is C12H14ClN5O. The molecule has 0 unspecified atom stereocenters. The van der Waals surface area contributed by atoms with Gasteiger partial charge >= 0.3 is 0 Å². The summed E-state index contributed by atoms with van der Waals surface area (Å²) in [5.74, 6) is 0.657. The largest absolute Gasteiger partial charge is 0.304 e. The zero-order valence-electron chi connectivity index (χ0n) is 10.9. The monoisotopic (exact) mass is 279 g/mol. The van der Waals surface area contributed by atoms with Crippen molar-refractivity contribution >= 4 is 23.3 Å². The molecule has 2 heterocycles. The van der Waals surface area contributed by atoms with Crippen LogP contribution >= 0.6 is 11.6 Å². The fourth-order valence-corrected chi connectivity index (χ4v) is 1.50. The summed E-state index contributed by atoms with van der Waals surface area (Å²) in [6, 6.07) is 3.18. The number of hydrogen-bond donors (Lipinski definition) is 2. The smallest absolute Gasteiger partial charge is 0.296 e. The molecule has 0 bridgehead atoms. The van der Waals surface area contributed by atoms with E-state index >= 15 is 0 Å². The van der Waals surface area contributed by atoms with Crippen LogP contribution in [0.15, 0.2) is 18.3 Å². The molecule has 0 aliphatic heterocycles. The third-order valence-corrected chi connectivity index (χ3v) is 2.60. The number of carbonyl (C=O) groups is 1. The average molecular weight is 280 g/mol. The average Bonchev–Trinajstić information content (AvgIpc) is 2.77. The van der Waals surface area contributed by atoms with Crippen molar-refractivity contribution in [3.05, 3.63) is 35.0 Å². The van der Waals surface area contributed by atoms with Gasteiger partial charge in [-0.2, -0.15) is 0 Å². The van der Waals surface area contributed by atoms with Crippen molar-refractivity contribution in [2.45, 2.75) is 26.2 Å². The van der Waals surface area contributed by atoms with Crippen molar-refractivity contribution in [2.75, 3.05) is 5.32 Å². The Bertz CT molecular complexity index is 602. The maximum Gasteiger partial charge on any atom is 0.296 e. The molecule has 0 radical (unpaired) electrons. The van der Waals surface area contributed by atoms with Gasteiger partial charge in [-0.25, -0.2) is 9.97 Å². The summed E-state index contributed by atoms with van der Waals surface area (Å²) >= 11 is 5.81. The van der Waals surface area contributed by atoms with E-state index in [1.807, 2.05) is 20.8 Å². The van der Waals surface area contributed by atoms with Crippen molar-refractivity contribution in [3.8, 4) is 0 Å². The van der Waals surface area contributed by atoms with E-state index in [0.29, 0.717) is 16.7 Å². The molecule has 1 amide bonds. The fourth-order valence-electron chi connectivity index (χ4n) is 1.34. The third-order valence-electron chi connectivity index (χ3n) is 2.36. The lowest BCUT2D eigenvalue weighted by Crippen LogP contribution is -2.16. The molecule has 100 valence electrons. The molecule has 2 N–H and O–H groups in total. The Morgan fingerprint density at radius 1 is 1.42 bits per heavy atom. The lowest BCUT2D eigenvalue weighted by atomic mass is 9.96. The van der Waals surface area contributed by atoms with E-state index < -0.39 is 5.91 Å². The van der Waals surface area contributed by atoms with E-state index in [9.17, 15) is 4.79 Å². The number of anilines is 1. The number of pyridine rings is 1. The van der Waals surface area contributed by atoms with Crippen molar-refractivity contribution < 1.29 is 4.79 Å². The Kier molecular flexibility index (Phi) is 3.53. The maximum atomic E-state index is 11.9. The number of aromatic amines is 1. The number of aromatic nitrogens is 4. The molecule has 0 aliphatic rings. The molecule has 0 aliphatic carbocycles. The van der Waals surface area contributed by atoms with Gasteiger partial charge in [-0.1, -0.05) is 32.4 Å². The number of hydrogen-bond acceptors (Lipinski definition) is 4. The van der Waals surface area contributed by atoms with Crippen molar-refractivity contribution in [3.63, 3.8) is 0 Å². The van der Waals surface area contributed by atoms with Crippen molar-refractivity contribution in [2.24, 2.45) is 0 Å². The Morgan fingerprint density at radius 2 is 2.16 bits per heavy atom. The Labute approximate surface area is 115 Å². The van der Waals surface area contributed by atoms with Crippen LogP contribution < -0.4 is 5.32 Å². The summed E-state index contributed by atoms with van der Waals surface area (Å²) in [6.07, 6.45) is 1.51. The van der Waals surface area contributed by atoms with Gasteiger partial charge in [0.15, 0.2) is 0 Å². The van der Waals surface area contributed by atoms with Gasteiger partial charge in [0.1, 0.15) is 11.6 Å². The summed E-state index contributed by atoms with van der Waals surface area (Å²) in [4.78, 5) is 20.1. The molecule has 6 nitrogen and oxygen atoms in total. The minimum atomic E-state index is -0.429. The van der Waals surface area contributed by atoms with Crippen LogP contribution in [0.1, 0.15) is 37.2 Å². The molecule has 19 heavy (non-hydrogen) atoms. The van der Waals surface area contributed by atoms with Gasteiger partial charge in [0.2, 0.25) is 5.82 Å². The minimum Gasteiger partial charge on any atom is -0.304 e. The molecule has 2 aromatic heterocycles. The normalized spacial score (nSPS) is 11.4. The van der Waals surface area contributed by atoms with Crippen molar-refractivity contribution in [1.82, 2.24) is 20.2 Å². The highest BCUT2D eigenvalue weighted by Crippen LogP contribution is 2.17. The van der Waals surface area contributed by atoms with Gasteiger partial charge in [-0.05, 0) is 12.1 Å². The summed E-state index contributed by atoms with van der Waals surface area (Å²) in [7, 11) is 0. The highest BCUT2D eigenvalue weighted by Gasteiger charge is 2.21. The van der Waals surface area contributed by atoms with Gasteiger partial charge in [0, 0.05) is 16.6 Å². The SMILES string of the molecule is CC(C)(C)c1nc(C(=O)Nc2cc(Cl)ccn2)n[nH]1. The van der Waals surface area contributed by atoms with Crippen LogP contribution in [-0.2, 0) is 5.41 Å². The van der Waals surface area contributed by atoms with Crippen LogP contribution in [0.2, 0.25) is 5.02 Å². The second-order valence-corrected chi connectivity index (χ2v) is 5.51. The molecule has 0 saturated heterocycles. The fraction of sp³-hybridized carbons (Fsp3) is 0.333. The predicted octanol–water partition coefficient (Wildman–Crippen LogP) is 2.40. The number of halogens is 1. The van der Waals surface area contributed by atoms with Gasteiger partial charge < -0.3 is 5.32 Å². The second kappa shape index (κ2) is 4.97. The molecule has 0 atom stereocenters. The number of carbonyl (C=O) groups excluding carboxylic acids is 1. The standard InChI is InChI=1S/C12H14ClN5O/c1-12(2,3)11-16-9(17-18-11)10(19)15-8-6-7(13)4-5-14-8/h4-6H,1-3H3,(H,14,15,19)(H,16,17,18). The van der Waals surface area contributed by atoms with Crippen LogP contribution in [0.4, 0.5) is 5.82 Å². The molecule has 0 spiro atoms. The molecule has 0 fully saturated rings. The Balaban J connectivity index is 2.14. The minimum absolute atomic E-state index is 0.0756. The van der Waals surface area contributed by atoms with E-state index in [2.05, 4.69) is 25.5 Å². The van der Waals surface area contributed by atoms with Crippen LogP contribution in [0.5, 0.6) is 0 Å². The first-order chi connectivity index (χ1) is 8.86. The quantitative estimate of drug-likeness (QED) is 0.884. The molecule has 2 aromatic rings. The first-order valence-corrected chi connectivity index (χ1v) is 6.10. The van der Waals surface area contributed by atoms with Crippen LogP contribution in [0.25, 0.3) is 0 Å². The van der Waals surface area contributed by atoms with E-state index in [1.165, 1.54) is 6.20 Å². The second-order valence-electron chi connectivity index (χ2n) is 5.07. The van der Waals surface area contributed by atoms with E-state index in [4.69, 9.17) is 11.6 Å². The van der Waals surface area contributed by atoms with E-state index in [1.54, 1.807) is 12.1 Å². The highest BCUT2D eigenvalue weighted by molar-refractivity contribution is 6.30. The highest BCUT2D eigenvalue weighted by atomic mass is 35.5. The Morgan fingerprint density at radius 3 is 2.74 bits per heavy atom. The van der Waals surface area contributed by atoms with Crippen molar-refractivity contribution in [1.29, 1.82) is 0 Å². The third kappa shape index (κ3) is 3.29. The lowest BCUT2D eigenvalue weighted by Gasteiger charge is -2.12. The van der Waals surface area contributed by atoms with Crippen LogP contribution in [-0.4, -0.2) is 26.1 Å². The molecule has 7 heteroatoms. The van der Waals surface area contributed by atoms with Crippen LogP contribution in [0.3, 0.4) is 0 Å². The van der Waals surface area contributed by atoms with Gasteiger partial charge in [0.05, 0.1) is 0 Å². The summed E-state index contributed by atoms with van der Waals surface area (Å²) in [5.41, 5.74) is -0.195. The first-order valence-electron chi connectivity index (χ1n) is 5.72. The maximum absolute atomic E-state index is 11.9. The van der Waals surface area contributed by atoms with Crippen LogP contribution in [0, 0.1) is 0 Å². The first kappa shape index (κ1) is 13.5. The lowest BCUT2D eigenvalue weighted by molar-refractivity contribution is 0.101. The van der Waals surface area contributed by atoms with Gasteiger partial charge in [-0.15, -0.1) is 5.10 Å². The summed E-state index contributed by atoms with van der Waals surface area (Å²) < 4.78 is 0. The van der Waals surface area contributed by atoms with Gasteiger partial charge in [-0.3, -0.25) is 9.89 Å². The topological polar surface area (TPSA) is 83.6 Å². The zero-order chi connectivity index (χ0) is 14.0. The van der Waals surface area contributed by atoms with Gasteiger partial charge in [0.25, 0.3) is 5.91 Å². The zero-order valence-corrected chi connectivity index (χ0v) is 11.6. The van der Waals surface area contributed by atoms with E-state index in [-0.39, 0.29) is 11.2 Å². The Hall–Kier alpha value is -1.95.